The number of piperazine rings is 1. The molecular formula is C22H22ClN3O5. The summed E-state index contributed by atoms with van der Waals surface area (Å²) in [6.45, 7) is 4.87. The number of phenolic OH excluding ortho intramolecular Hbond substituents is 2. The molecule has 0 radical (unpaired) electrons. The van der Waals surface area contributed by atoms with Gasteiger partial charge in [-0.3, -0.25) is 4.90 Å². The number of nitrogens with zero attached hydrogens (tertiary/aromatic N) is 3. The van der Waals surface area contributed by atoms with Crippen molar-refractivity contribution >= 4 is 17.6 Å². The highest BCUT2D eigenvalue weighted by Crippen LogP contribution is 2.42. The lowest BCUT2D eigenvalue weighted by Crippen LogP contribution is -2.43. The number of aromatic hydroxyl groups is 2. The predicted octanol–water partition coefficient (Wildman–Crippen LogP) is 3.52. The number of benzene rings is 2. The molecule has 1 aromatic heterocycles. The van der Waals surface area contributed by atoms with Crippen LogP contribution in [0.5, 0.6) is 11.5 Å². The SMILES string of the molecule is CN1CCN(Cc2ccc(-c3c(C(=O)O)noc3-c3cc(Cl)c(O)cc3O)cc2)CC1. The second-order valence-electron chi connectivity index (χ2n) is 7.64. The van der Waals surface area contributed by atoms with Crippen molar-refractivity contribution in [3.63, 3.8) is 0 Å². The molecule has 8 nitrogen and oxygen atoms in total. The van der Waals surface area contributed by atoms with Gasteiger partial charge in [0.15, 0.2) is 11.5 Å². The van der Waals surface area contributed by atoms with E-state index in [2.05, 4.69) is 22.0 Å². The number of hydrogen-bond acceptors (Lipinski definition) is 7. The third-order valence-corrected chi connectivity index (χ3v) is 5.75. The molecule has 4 rings (SSSR count). The Labute approximate surface area is 183 Å². The number of aromatic nitrogens is 1. The van der Waals surface area contributed by atoms with Crippen LogP contribution in [0, 0.1) is 0 Å². The molecule has 0 spiro atoms. The van der Waals surface area contributed by atoms with Crippen LogP contribution >= 0.6 is 11.6 Å². The monoisotopic (exact) mass is 443 g/mol. The van der Waals surface area contributed by atoms with Gasteiger partial charge in [0.2, 0.25) is 0 Å². The molecule has 1 aliphatic rings. The average Bonchev–Trinajstić information content (AvgIpc) is 3.18. The molecule has 0 amide bonds. The number of carbonyl (C=O) groups is 1. The lowest BCUT2D eigenvalue weighted by molar-refractivity contribution is 0.0686. The Morgan fingerprint density at radius 3 is 2.42 bits per heavy atom. The standard InChI is InChI=1S/C22H22ClN3O5/c1-25-6-8-26(9-7-25)12-13-2-4-14(5-3-13)19-20(22(29)30)24-31-21(19)15-10-16(23)18(28)11-17(15)27/h2-5,10-11,27-28H,6-9,12H2,1H3,(H,29,30). The number of rotatable bonds is 5. The highest BCUT2D eigenvalue weighted by molar-refractivity contribution is 6.32. The summed E-state index contributed by atoms with van der Waals surface area (Å²) in [4.78, 5) is 16.4. The number of carboxylic acid groups (broad SMARTS) is 1. The van der Waals surface area contributed by atoms with E-state index in [0.717, 1.165) is 44.4 Å². The largest absolute Gasteiger partial charge is 0.507 e. The molecule has 0 bridgehead atoms. The van der Waals surface area contributed by atoms with Crippen molar-refractivity contribution in [2.24, 2.45) is 0 Å². The van der Waals surface area contributed by atoms with Gasteiger partial charge >= 0.3 is 5.97 Å². The molecule has 3 aromatic rings. The van der Waals surface area contributed by atoms with Crippen LogP contribution in [0.3, 0.4) is 0 Å². The highest BCUT2D eigenvalue weighted by atomic mass is 35.5. The smallest absolute Gasteiger partial charge is 0.358 e. The van der Waals surface area contributed by atoms with E-state index >= 15 is 0 Å². The first-order valence-electron chi connectivity index (χ1n) is 9.78. The first kappa shape index (κ1) is 21.2. The summed E-state index contributed by atoms with van der Waals surface area (Å²) in [6.07, 6.45) is 0. The Hall–Kier alpha value is -3.07. The van der Waals surface area contributed by atoms with E-state index in [1.54, 1.807) is 0 Å². The van der Waals surface area contributed by atoms with Crippen LogP contribution < -0.4 is 0 Å². The van der Waals surface area contributed by atoms with Crippen molar-refractivity contribution in [2.75, 3.05) is 33.2 Å². The van der Waals surface area contributed by atoms with Crippen molar-refractivity contribution < 1.29 is 24.6 Å². The fraction of sp³-hybridized carbons (Fsp3) is 0.273. The quantitative estimate of drug-likeness (QED) is 0.549. The Morgan fingerprint density at radius 1 is 1.10 bits per heavy atom. The Morgan fingerprint density at radius 2 is 1.77 bits per heavy atom. The summed E-state index contributed by atoms with van der Waals surface area (Å²) in [5.41, 5.74) is 1.79. The van der Waals surface area contributed by atoms with Crippen molar-refractivity contribution in [2.45, 2.75) is 6.54 Å². The Balaban J connectivity index is 1.68. The minimum atomic E-state index is -1.25. The molecule has 31 heavy (non-hydrogen) atoms. The normalized spacial score (nSPS) is 15.3. The van der Waals surface area contributed by atoms with Crippen molar-refractivity contribution in [3.05, 3.63) is 52.7 Å². The van der Waals surface area contributed by atoms with Gasteiger partial charge in [-0.2, -0.15) is 0 Å². The number of phenols is 2. The molecule has 0 saturated carbocycles. The molecule has 1 aliphatic heterocycles. The van der Waals surface area contributed by atoms with E-state index in [1.807, 2.05) is 24.3 Å². The minimum absolute atomic E-state index is 0.00505. The maximum Gasteiger partial charge on any atom is 0.358 e. The van der Waals surface area contributed by atoms with E-state index in [4.69, 9.17) is 16.1 Å². The number of halogens is 1. The third kappa shape index (κ3) is 4.36. The summed E-state index contributed by atoms with van der Waals surface area (Å²) in [6, 6.07) is 9.90. The van der Waals surface area contributed by atoms with Crippen LogP contribution in [-0.2, 0) is 6.54 Å². The molecule has 162 valence electrons. The van der Waals surface area contributed by atoms with Gasteiger partial charge < -0.3 is 24.7 Å². The molecule has 1 saturated heterocycles. The van der Waals surface area contributed by atoms with Gasteiger partial charge in [-0.1, -0.05) is 41.0 Å². The Kier molecular flexibility index (Phi) is 5.86. The van der Waals surface area contributed by atoms with E-state index in [1.165, 1.54) is 6.07 Å². The summed E-state index contributed by atoms with van der Waals surface area (Å²) in [5, 5.41) is 33.2. The molecule has 0 atom stereocenters. The third-order valence-electron chi connectivity index (χ3n) is 5.45. The first-order chi connectivity index (χ1) is 14.8. The molecule has 1 fully saturated rings. The maximum atomic E-state index is 11.7. The van der Waals surface area contributed by atoms with Crippen LogP contribution in [0.1, 0.15) is 16.1 Å². The van der Waals surface area contributed by atoms with Crippen LogP contribution in [0.15, 0.2) is 40.9 Å². The predicted molar refractivity (Wildman–Crippen MR) is 115 cm³/mol. The zero-order valence-electron chi connectivity index (χ0n) is 16.9. The fourth-order valence-corrected chi connectivity index (χ4v) is 3.83. The van der Waals surface area contributed by atoms with Gasteiger partial charge in [0.25, 0.3) is 0 Å². The molecule has 2 heterocycles. The second-order valence-corrected chi connectivity index (χ2v) is 8.04. The molecule has 0 aliphatic carbocycles. The van der Waals surface area contributed by atoms with Crippen LogP contribution in [0.4, 0.5) is 0 Å². The van der Waals surface area contributed by atoms with Crippen molar-refractivity contribution in [3.8, 4) is 33.9 Å². The van der Waals surface area contributed by atoms with Crippen LogP contribution in [0.25, 0.3) is 22.5 Å². The number of aromatic carboxylic acids is 1. The van der Waals surface area contributed by atoms with Crippen LogP contribution in [-0.4, -0.2) is 69.5 Å². The molecule has 2 aromatic carbocycles. The van der Waals surface area contributed by atoms with Gasteiger partial charge in [-0.25, -0.2) is 4.79 Å². The minimum Gasteiger partial charge on any atom is -0.507 e. The van der Waals surface area contributed by atoms with Gasteiger partial charge in [0.05, 0.1) is 16.1 Å². The maximum absolute atomic E-state index is 11.7. The van der Waals surface area contributed by atoms with E-state index in [0.29, 0.717) is 5.56 Å². The zero-order chi connectivity index (χ0) is 22.1. The second kappa shape index (κ2) is 8.58. The summed E-state index contributed by atoms with van der Waals surface area (Å²) in [5.74, 6) is -1.79. The van der Waals surface area contributed by atoms with Gasteiger partial charge in [-0.05, 0) is 24.2 Å². The van der Waals surface area contributed by atoms with Gasteiger partial charge in [0.1, 0.15) is 11.5 Å². The fourth-order valence-electron chi connectivity index (χ4n) is 3.66. The summed E-state index contributed by atoms with van der Waals surface area (Å²) in [7, 11) is 2.11. The number of carboxylic acids is 1. The molecule has 3 N–H and O–H groups in total. The number of hydrogen-bond donors (Lipinski definition) is 3. The topological polar surface area (TPSA) is 110 Å². The summed E-state index contributed by atoms with van der Waals surface area (Å²) >= 11 is 5.98. The molecule has 0 unspecified atom stereocenters. The highest BCUT2D eigenvalue weighted by Gasteiger charge is 2.26. The lowest BCUT2D eigenvalue weighted by Gasteiger charge is -2.32. The average molecular weight is 444 g/mol. The van der Waals surface area contributed by atoms with E-state index in [-0.39, 0.29) is 39.1 Å². The van der Waals surface area contributed by atoms with Crippen molar-refractivity contribution in [1.82, 2.24) is 15.0 Å². The van der Waals surface area contributed by atoms with Crippen molar-refractivity contribution in [1.29, 1.82) is 0 Å². The number of likely N-dealkylation sites (N-methyl/N-ethyl adjacent to an activating group) is 1. The lowest BCUT2D eigenvalue weighted by atomic mass is 9.97. The molecule has 9 heteroatoms. The van der Waals surface area contributed by atoms with Gasteiger partial charge in [0, 0.05) is 38.8 Å². The zero-order valence-corrected chi connectivity index (χ0v) is 17.6. The van der Waals surface area contributed by atoms with E-state index < -0.39 is 5.97 Å². The van der Waals surface area contributed by atoms with Gasteiger partial charge in [-0.15, -0.1) is 0 Å². The van der Waals surface area contributed by atoms with E-state index in [9.17, 15) is 20.1 Å². The Bertz CT molecular complexity index is 1110. The molecular weight excluding hydrogens is 422 g/mol. The summed E-state index contributed by atoms with van der Waals surface area (Å²) < 4.78 is 5.29. The van der Waals surface area contributed by atoms with Crippen LogP contribution in [0.2, 0.25) is 5.02 Å². The first-order valence-corrected chi connectivity index (χ1v) is 10.2.